The smallest absolute Gasteiger partial charge is 0.335 e. The summed E-state index contributed by atoms with van der Waals surface area (Å²) in [5.74, 6) is 0.389. The van der Waals surface area contributed by atoms with Crippen molar-refractivity contribution in [2.75, 3.05) is 5.32 Å². The molecule has 0 aromatic heterocycles. The first-order chi connectivity index (χ1) is 16.7. The van der Waals surface area contributed by atoms with Gasteiger partial charge >= 0.3 is 5.97 Å². The molecular weight excluding hydrogens is 434 g/mol. The van der Waals surface area contributed by atoms with Crippen molar-refractivity contribution in [1.29, 1.82) is 0 Å². The molecule has 1 unspecified atom stereocenters. The molecular formula is C31H35NO3. The van der Waals surface area contributed by atoms with Crippen molar-refractivity contribution in [3.63, 3.8) is 0 Å². The van der Waals surface area contributed by atoms with Crippen molar-refractivity contribution in [1.82, 2.24) is 0 Å². The molecule has 0 spiro atoms. The molecule has 0 amide bonds. The molecule has 0 bridgehead atoms. The third kappa shape index (κ3) is 5.43. The average Bonchev–Trinajstić information content (AvgIpc) is 2.83. The van der Waals surface area contributed by atoms with Gasteiger partial charge in [0.15, 0.2) is 0 Å². The zero-order chi connectivity index (χ0) is 25.2. The van der Waals surface area contributed by atoms with Crippen LogP contribution in [0.2, 0.25) is 0 Å². The lowest BCUT2D eigenvalue weighted by molar-refractivity contribution is 0.0697. The van der Waals surface area contributed by atoms with Gasteiger partial charge < -0.3 is 15.2 Å². The first kappa shape index (κ1) is 24.6. The summed E-state index contributed by atoms with van der Waals surface area (Å²) in [5.41, 5.74) is 7.40. The van der Waals surface area contributed by atoms with E-state index in [0.29, 0.717) is 12.5 Å². The third-order valence-electron chi connectivity index (χ3n) is 6.86. The van der Waals surface area contributed by atoms with Crippen LogP contribution in [-0.2, 0) is 12.0 Å². The number of rotatable bonds is 8. The molecule has 4 heteroatoms. The number of hydrogen-bond acceptors (Lipinski definition) is 3. The van der Waals surface area contributed by atoms with Gasteiger partial charge in [-0.15, -0.1) is 0 Å². The predicted octanol–water partition coefficient (Wildman–Crippen LogP) is 7.86. The molecule has 3 aromatic carbocycles. The van der Waals surface area contributed by atoms with Gasteiger partial charge in [-0.05, 0) is 83.3 Å². The molecule has 0 saturated heterocycles. The number of ether oxygens (including phenoxy) is 1. The van der Waals surface area contributed by atoms with Crippen molar-refractivity contribution in [2.24, 2.45) is 5.92 Å². The zero-order valence-electron chi connectivity index (χ0n) is 21.3. The Morgan fingerprint density at radius 3 is 2.34 bits per heavy atom. The lowest BCUT2D eigenvalue weighted by Crippen LogP contribution is -2.24. The van der Waals surface area contributed by atoms with Gasteiger partial charge in [0.25, 0.3) is 0 Å². The maximum atomic E-state index is 11.2. The predicted molar refractivity (Wildman–Crippen MR) is 143 cm³/mol. The maximum Gasteiger partial charge on any atom is 0.335 e. The van der Waals surface area contributed by atoms with E-state index in [0.717, 1.165) is 29.0 Å². The summed E-state index contributed by atoms with van der Waals surface area (Å²) in [5, 5.41) is 12.7. The fraction of sp³-hybridized carbons (Fsp3) is 0.323. The van der Waals surface area contributed by atoms with E-state index >= 15 is 0 Å². The Morgan fingerprint density at radius 1 is 1.03 bits per heavy atom. The van der Waals surface area contributed by atoms with Gasteiger partial charge in [0, 0.05) is 11.3 Å². The minimum absolute atomic E-state index is 0.0282. The lowest BCUT2D eigenvalue weighted by atomic mass is 9.71. The van der Waals surface area contributed by atoms with Crippen LogP contribution in [0.25, 0.3) is 5.57 Å². The Hall–Kier alpha value is -3.53. The molecule has 0 aliphatic heterocycles. The molecule has 0 heterocycles. The van der Waals surface area contributed by atoms with Crippen LogP contribution in [-0.4, -0.2) is 11.1 Å². The highest BCUT2D eigenvalue weighted by Crippen LogP contribution is 2.45. The number of aromatic carboxylic acids is 1. The minimum Gasteiger partial charge on any atom is -0.489 e. The largest absolute Gasteiger partial charge is 0.489 e. The number of carbonyl (C=O) groups is 1. The van der Waals surface area contributed by atoms with Gasteiger partial charge in [0.1, 0.15) is 12.4 Å². The summed E-state index contributed by atoms with van der Waals surface area (Å²) in [6, 6.07) is 21.6. The Labute approximate surface area is 208 Å². The van der Waals surface area contributed by atoms with Gasteiger partial charge in [-0.2, -0.15) is 0 Å². The number of benzene rings is 3. The molecule has 1 atom stereocenters. The van der Waals surface area contributed by atoms with Gasteiger partial charge in [-0.3, -0.25) is 0 Å². The molecule has 4 rings (SSSR count). The SMILES string of the molecule is CC(C)C1=CCC(C)(C)c2cc(OCc3ccccc3)c(C(C)Nc3ccc(C(=O)O)cc3)cc21. The number of carboxylic acids is 1. The van der Waals surface area contributed by atoms with E-state index in [1.165, 1.54) is 16.7 Å². The van der Waals surface area contributed by atoms with Crippen LogP contribution in [0.3, 0.4) is 0 Å². The number of allylic oxidation sites excluding steroid dienone is 2. The van der Waals surface area contributed by atoms with E-state index in [-0.39, 0.29) is 17.0 Å². The first-order valence-corrected chi connectivity index (χ1v) is 12.3. The van der Waals surface area contributed by atoms with Gasteiger partial charge in [0.05, 0.1) is 11.6 Å². The second-order valence-corrected chi connectivity index (χ2v) is 10.4. The minimum atomic E-state index is -0.925. The number of carboxylic acid groups (broad SMARTS) is 1. The molecule has 2 N–H and O–H groups in total. The summed E-state index contributed by atoms with van der Waals surface area (Å²) in [6.07, 6.45) is 3.40. The Kier molecular flexibility index (Phi) is 7.02. The van der Waals surface area contributed by atoms with Crippen molar-refractivity contribution >= 4 is 17.2 Å². The molecule has 0 radical (unpaired) electrons. The summed E-state index contributed by atoms with van der Waals surface area (Å²) < 4.78 is 6.45. The fourth-order valence-corrected chi connectivity index (χ4v) is 4.76. The van der Waals surface area contributed by atoms with E-state index < -0.39 is 5.97 Å². The maximum absolute atomic E-state index is 11.2. The third-order valence-corrected chi connectivity index (χ3v) is 6.86. The molecule has 3 aromatic rings. The van der Waals surface area contributed by atoms with Crippen LogP contribution < -0.4 is 10.1 Å². The molecule has 35 heavy (non-hydrogen) atoms. The highest BCUT2D eigenvalue weighted by molar-refractivity contribution is 5.88. The number of anilines is 1. The monoisotopic (exact) mass is 469 g/mol. The van der Waals surface area contributed by atoms with Crippen LogP contribution in [0.1, 0.15) is 79.7 Å². The van der Waals surface area contributed by atoms with Crippen molar-refractivity contribution in [2.45, 2.75) is 59.1 Å². The molecule has 4 nitrogen and oxygen atoms in total. The van der Waals surface area contributed by atoms with Crippen LogP contribution in [0.4, 0.5) is 5.69 Å². The Bertz CT molecular complexity index is 1220. The van der Waals surface area contributed by atoms with Gasteiger partial charge in [-0.25, -0.2) is 4.79 Å². The lowest BCUT2D eigenvalue weighted by Gasteiger charge is -2.35. The van der Waals surface area contributed by atoms with Crippen LogP contribution in [0.15, 0.2) is 72.8 Å². The summed E-state index contributed by atoms with van der Waals surface area (Å²) >= 11 is 0. The second kappa shape index (κ2) is 9.99. The number of fused-ring (bicyclic) bond motifs is 1. The standard InChI is InChI=1S/C31H35NO3/c1-20(2)25-15-16-31(4,5)28-18-29(35-19-22-9-7-6-8-10-22)26(17-27(25)28)21(3)32-24-13-11-23(12-14-24)30(33)34/h6-15,17-18,20-21,32H,16,19H2,1-5H3,(H,33,34). The zero-order valence-corrected chi connectivity index (χ0v) is 21.3. The topological polar surface area (TPSA) is 58.6 Å². The highest BCUT2D eigenvalue weighted by Gasteiger charge is 2.31. The van der Waals surface area contributed by atoms with Crippen LogP contribution in [0, 0.1) is 5.92 Å². The summed E-state index contributed by atoms with van der Waals surface area (Å²) in [7, 11) is 0. The van der Waals surface area contributed by atoms with Crippen LogP contribution >= 0.6 is 0 Å². The highest BCUT2D eigenvalue weighted by atomic mass is 16.5. The van der Waals surface area contributed by atoms with Crippen molar-refractivity contribution < 1.29 is 14.6 Å². The Balaban J connectivity index is 1.73. The molecule has 1 aliphatic rings. The summed E-state index contributed by atoms with van der Waals surface area (Å²) in [4.78, 5) is 11.2. The second-order valence-electron chi connectivity index (χ2n) is 10.4. The van der Waals surface area contributed by atoms with E-state index in [1.54, 1.807) is 12.1 Å². The van der Waals surface area contributed by atoms with E-state index in [9.17, 15) is 9.90 Å². The quantitative estimate of drug-likeness (QED) is 0.352. The molecule has 0 fully saturated rings. The average molecular weight is 470 g/mol. The van der Waals surface area contributed by atoms with E-state index in [1.807, 2.05) is 30.3 Å². The van der Waals surface area contributed by atoms with Crippen LogP contribution in [0.5, 0.6) is 5.75 Å². The van der Waals surface area contributed by atoms with Crippen molar-refractivity contribution in [3.8, 4) is 5.75 Å². The molecule has 1 aliphatic carbocycles. The van der Waals surface area contributed by atoms with Crippen molar-refractivity contribution in [3.05, 3.63) is 101 Å². The summed E-state index contributed by atoms with van der Waals surface area (Å²) in [6.45, 7) is 11.7. The Morgan fingerprint density at radius 2 is 1.71 bits per heavy atom. The first-order valence-electron chi connectivity index (χ1n) is 12.3. The number of nitrogens with one attached hydrogen (secondary N) is 1. The molecule has 182 valence electrons. The fourth-order valence-electron chi connectivity index (χ4n) is 4.76. The van der Waals surface area contributed by atoms with Gasteiger partial charge in [0.2, 0.25) is 0 Å². The number of hydrogen-bond donors (Lipinski definition) is 2. The normalized spacial score (nSPS) is 15.2. The molecule has 0 saturated carbocycles. The van der Waals surface area contributed by atoms with E-state index in [4.69, 9.17) is 4.74 Å². The van der Waals surface area contributed by atoms with E-state index in [2.05, 4.69) is 70.3 Å². The van der Waals surface area contributed by atoms with Gasteiger partial charge in [-0.1, -0.05) is 64.1 Å².